The molecule has 0 atom stereocenters. The standard InChI is InChI=1S/C9H18N2O3/c12-8-3-1-5-11(8)6-2-4-10-7-9(13)14/h9-10,13-14H,1-7H2. The molecule has 1 fully saturated rings. The van der Waals surface area contributed by atoms with Crippen LogP contribution in [0.2, 0.25) is 0 Å². The number of nitrogens with one attached hydrogen (secondary N) is 1. The van der Waals surface area contributed by atoms with Crippen molar-refractivity contribution in [2.75, 3.05) is 26.2 Å². The Morgan fingerprint density at radius 3 is 2.86 bits per heavy atom. The zero-order valence-electron chi connectivity index (χ0n) is 8.28. The Morgan fingerprint density at radius 2 is 2.29 bits per heavy atom. The second-order valence-corrected chi connectivity index (χ2v) is 3.52. The summed E-state index contributed by atoms with van der Waals surface area (Å²) >= 11 is 0. The monoisotopic (exact) mass is 202 g/mol. The molecule has 0 aromatic carbocycles. The van der Waals surface area contributed by atoms with Gasteiger partial charge < -0.3 is 20.4 Å². The highest BCUT2D eigenvalue weighted by Gasteiger charge is 2.18. The Balaban J connectivity index is 1.96. The van der Waals surface area contributed by atoms with Crippen LogP contribution in [-0.2, 0) is 4.79 Å². The molecule has 0 spiro atoms. The Hall–Kier alpha value is -0.650. The van der Waals surface area contributed by atoms with Crippen LogP contribution in [0.1, 0.15) is 19.3 Å². The fourth-order valence-corrected chi connectivity index (χ4v) is 1.57. The van der Waals surface area contributed by atoms with Crippen molar-refractivity contribution < 1.29 is 15.0 Å². The van der Waals surface area contributed by atoms with Crippen molar-refractivity contribution in [1.82, 2.24) is 10.2 Å². The number of hydrogen-bond donors (Lipinski definition) is 3. The molecule has 0 aliphatic carbocycles. The van der Waals surface area contributed by atoms with Gasteiger partial charge in [0, 0.05) is 26.1 Å². The molecule has 0 aromatic rings. The van der Waals surface area contributed by atoms with Crippen LogP contribution in [-0.4, -0.2) is 53.5 Å². The lowest BCUT2D eigenvalue weighted by Crippen LogP contribution is -2.31. The lowest BCUT2D eigenvalue weighted by Gasteiger charge is -2.15. The van der Waals surface area contributed by atoms with Crippen LogP contribution in [0.25, 0.3) is 0 Å². The smallest absolute Gasteiger partial charge is 0.222 e. The molecule has 82 valence electrons. The third-order valence-corrected chi connectivity index (χ3v) is 2.28. The van der Waals surface area contributed by atoms with E-state index in [2.05, 4.69) is 5.32 Å². The lowest BCUT2D eigenvalue weighted by molar-refractivity contribution is -0.127. The van der Waals surface area contributed by atoms with Gasteiger partial charge in [-0.05, 0) is 19.4 Å². The molecule has 14 heavy (non-hydrogen) atoms. The van der Waals surface area contributed by atoms with Crippen molar-refractivity contribution in [2.45, 2.75) is 25.6 Å². The SMILES string of the molecule is O=C1CCCN1CCCNCC(O)O. The molecule has 1 rings (SSSR count). The summed E-state index contributed by atoms with van der Waals surface area (Å²) in [4.78, 5) is 13.0. The maximum absolute atomic E-state index is 11.2. The third-order valence-electron chi connectivity index (χ3n) is 2.28. The second-order valence-electron chi connectivity index (χ2n) is 3.52. The topological polar surface area (TPSA) is 72.8 Å². The van der Waals surface area contributed by atoms with Gasteiger partial charge in [-0.2, -0.15) is 0 Å². The number of likely N-dealkylation sites (tertiary alicyclic amines) is 1. The summed E-state index contributed by atoms with van der Waals surface area (Å²) in [5.74, 6) is 0.243. The number of rotatable bonds is 6. The molecule has 0 aromatic heterocycles. The Kier molecular flexibility index (Phi) is 4.86. The first-order valence-corrected chi connectivity index (χ1v) is 5.05. The van der Waals surface area contributed by atoms with E-state index in [4.69, 9.17) is 10.2 Å². The minimum absolute atomic E-state index is 0.188. The van der Waals surface area contributed by atoms with Gasteiger partial charge >= 0.3 is 0 Å². The van der Waals surface area contributed by atoms with Gasteiger partial charge in [-0.25, -0.2) is 0 Å². The van der Waals surface area contributed by atoms with E-state index in [1.165, 1.54) is 0 Å². The van der Waals surface area contributed by atoms with Crippen molar-refractivity contribution in [3.05, 3.63) is 0 Å². The average Bonchev–Trinajstić information content (AvgIpc) is 2.51. The summed E-state index contributed by atoms with van der Waals surface area (Å²) in [6.45, 7) is 2.55. The molecule has 5 heteroatoms. The Labute approximate surface area is 83.7 Å². The van der Waals surface area contributed by atoms with E-state index in [0.29, 0.717) is 13.0 Å². The van der Waals surface area contributed by atoms with Crippen molar-refractivity contribution >= 4 is 5.91 Å². The van der Waals surface area contributed by atoms with E-state index >= 15 is 0 Å². The maximum atomic E-state index is 11.2. The summed E-state index contributed by atoms with van der Waals surface area (Å²) in [6.07, 6.45) is 1.23. The van der Waals surface area contributed by atoms with Gasteiger partial charge in [-0.15, -0.1) is 0 Å². The Morgan fingerprint density at radius 1 is 1.50 bits per heavy atom. The predicted molar refractivity (Wildman–Crippen MR) is 51.5 cm³/mol. The zero-order chi connectivity index (χ0) is 10.4. The fourth-order valence-electron chi connectivity index (χ4n) is 1.57. The molecule has 5 nitrogen and oxygen atoms in total. The molecular weight excluding hydrogens is 184 g/mol. The fraction of sp³-hybridized carbons (Fsp3) is 0.889. The molecule has 0 unspecified atom stereocenters. The summed E-state index contributed by atoms with van der Waals surface area (Å²) in [7, 11) is 0. The highest BCUT2D eigenvalue weighted by Crippen LogP contribution is 2.09. The number of carbonyl (C=O) groups excluding carboxylic acids is 1. The first-order valence-electron chi connectivity index (χ1n) is 5.05. The van der Waals surface area contributed by atoms with Gasteiger partial charge in [0.2, 0.25) is 5.91 Å². The van der Waals surface area contributed by atoms with Gasteiger partial charge in [0.25, 0.3) is 0 Å². The molecular formula is C9H18N2O3. The number of nitrogens with zero attached hydrogens (tertiary/aromatic N) is 1. The zero-order valence-corrected chi connectivity index (χ0v) is 8.28. The number of hydrogen-bond acceptors (Lipinski definition) is 4. The van der Waals surface area contributed by atoms with Crippen LogP contribution in [0.5, 0.6) is 0 Å². The van der Waals surface area contributed by atoms with Gasteiger partial charge in [-0.1, -0.05) is 0 Å². The normalized spacial score (nSPS) is 17.1. The van der Waals surface area contributed by atoms with Crippen LogP contribution >= 0.6 is 0 Å². The number of carbonyl (C=O) groups is 1. The van der Waals surface area contributed by atoms with E-state index < -0.39 is 6.29 Å². The third kappa shape index (κ3) is 4.04. The van der Waals surface area contributed by atoms with E-state index in [0.717, 1.165) is 25.9 Å². The lowest BCUT2D eigenvalue weighted by atomic mass is 10.4. The van der Waals surface area contributed by atoms with Gasteiger partial charge in [-0.3, -0.25) is 4.79 Å². The maximum Gasteiger partial charge on any atom is 0.222 e. The molecule has 1 saturated heterocycles. The van der Waals surface area contributed by atoms with Gasteiger partial charge in [0.15, 0.2) is 6.29 Å². The van der Waals surface area contributed by atoms with Crippen molar-refractivity contribution in [3.63, 3.8) is 0 Å². The highest BCUT2D eigenvalue weighted by molar-refractivity contribution is 5.77. The van der Waals surface area contributed by atoms with Crippen LogP contribution in [0, 0.1) is 0 Å². The quantitative estimate of drug-likeness (QED) is 0.377. The van der Waals surface area contributed by atoms with Crippen LogP contribution in [0.3, 0.4) is 0 Å². The minimum atomic E-state index is -1.29. The number of aliphatic hydroxyl groups is 2. The van der Waals surface area contributed by atoms with Crippen molar-refractivity contribution in [3.8, 4) is 0 Å². The largest absolute Gasteiger partial charge is 0.367 e. The van der Waals surface area contributed by atoms with E-state index in [-0.39, 0.29) is 12.5 Å². The molecule has 0 radical (unpaired) electrons. The van der Waals surface area contributed by atoms with E-state index in [1.54, 1.807) is 0 Å². The number of aliphatic hydroxyl groups excluding tert-OH is 1. The average molecular weight is 202 g/mol. The first-order chi connectivity index (χ1) is 6.70. The summed E-state index contributed by atoms with van der Waals surface area (Å²) in [5, 5.41) is 20.0. The molecule has 3 N–H and O–H groups in total. The molecule has 0 saturated carbocycles. The second kappa shape index (κ2) is 5.95. The van der Waals surface area contributed by atoms with E-state index in [9.17, 15) is 4.79 Å². The van der Waals surface area contributed by atoms with Crippen molar-refractivity contribution in [1.29, 1.82) is 0 Å². The van der Waals surface area contributed by atoms with Crippen molar-refractivity contribution in [2.24, 2.45) is 0 Å². The Bertz CT molecular complexity index is 185. The van der Waals surface area contributed by atoms with Gasteiger partial charge in [0.05, 0.1) is 0 Å². The molecule has 0 bridgehead atoms. The summed E-state index contributed by atoms with van der Waals surface area (Å²) in [5.41, 5.74) is 0. The van der Waals surface area contributed by atoms with E-state index in [1.807, 2.05) is 4.90 Å². The predicted octanol–water partition coefficient (Wildman–Crippen LogP) is -1.10. The van der Waals surface area contributed by atoms with Crippen LogP contribution in [0.4, 0.5) is 0 Å². The minimum Gasteiger partial charge on any atom is -0.367 e. The molecule has 1 aliphatic heterocycles. The first kappa shape index (κ1) is 11.4. The summed E-state index contributed by atoms with van der Waals surface area (Å²) in [6, 6.07) is 0. The molecule has 1 amide bonds. The highest BCUT2D eigenvalue weighted by atomic mass is 16.5. The molecule has 1 heterocycles. The number of amides is 1. The van der Waals surface area contributed by atoms with Gasteiger partial charge in [0.1, 0.15) is 0 Å². The van der Waals surface area contributed by atoms with Crippen LogP contribution < -0.4 is 5.32 Å². The summed E-state index contributed by atoms with van der Waals surface area (Å²) < 4.78 is 0. The van der Waals surface area contributed by atoms with Crippen LogP contribution in [0.15, 0.2) is 0 Å². The molecule has 1 aliphatic rings.